The molecule has 3 N–H and O–H groups in total. The third-order valence-electron chi connectivity index (χ3n) is 3.91. The Hall–Kier alpha value is -0.870. The van der Waals surface area contributed by atoms with E-state index in [0.29, 0.717) is 13.0 Å². The molecule has 0 saturated carbocycles. The minimum Gasteiger partial charge on any atom is -0.463 e. The van der Waals surface area contributed by atoms with Gasteiger partial charge in [-0.1, -0.05) is 6.92 Å². The van der Waals surface area contributed by atoms with Crippen LogP contribution in [0.2, 0.25) is 0 Å². The van der Waals surface area contributed by atoms with E-state index in [4.69, 9.17) is 19.3 Å². The summed E-state index contributed by atoms with van der Waals surface area (Å²) in [6.45, 7) is 5.23. The van der Waals surface area contributed by atoms with Crippen LogP contribution < -0.4 is 0 Å². The summed E-state index contributed by atoms with van der Waals surface area (Å²) >= 11 is 1.26. The molecule has 0 fully saturated rings. The van der Waals surface area contributed by atoms with E-state index in [9.17, 15) is 19.8 Å². The molecule has 160 valence electrons. The average molecular weight is 411 g/mol. The van der Waals surface area contributed by atoms with Gasteiger partial charge in [-0.15, -0.1) is 0 Å². The fourth-order valence-electron chi connectivity index (χ4n) is 2.25. The Morgan fingerprint density at radius 3 is 2.26 bits per heavy atom. The molecule has 27 heavy (non-hydrogen) atoms. The van der Waals surface area contributed by atoms with E-state index in [0.717, 1.165) is 0 Å². The first-order valence-corrected chi connectivity index (χ1v) is 10.2. The second kappa shape index (κ2) is 14.2. The number of rotatable bonds is 15. The molecule has 0 amide bonds. The molecule has 0 aliphatic rings. The Morgan fingerprint density at radius 1 is 1.07 bits per heavy atom. The van der Waals surface area contributed by atoms with Crippen molar-refractivity contribution in [3.63, 3.8) is 0 Å². The third kappa shape index (κ3) is 11.5. The van der Waals surface area contributed by atoms with Crippen LogP contribution in [0.15, 0.2) is 0 Å². The number of aliphatic hydroxyl groups excluding tert-OH is 3. The number of thioether (sulfide) groups is 1. The molecule has 0 saturated heterocycles. The fraction of sp³-hybridized carbons (Fsp3) is 0.889. The van der Waals surface area contributed by atoms with Crippen LogP contribution in [0.25, 0.3) is 0 Å². The normalized spacial score (nSPS) is 15.1. The maximum atomic E-state index is 12.3. The highest BCUT2D eigenvalue weighted by Crippen LogP contribution is 2.29. The standard InChI is InChI=1S/C18H34O8S/c1-5-13(16(22)25-7-6-24-4)8-18(2,3)17(23)26-10-15(21)12-27-11-14(20)9-19/h13-15,19-21H,5-12H2,1-4H3. The van der Waals surface area contributed by atoms with Gasteiger partial charge in [0.05, 0.1) is 36.8 Å². The van der Waals surface area contributed by atoms with Crippen molar-refractivity contribution in [1.82, 2.24) is 0 Å². The van der Waals surface area contributed by atoms with E-state index in [-0.39, 0.29) is 43.7 Å². The monoisotopic (exact) mass is 410 g/mol. The molecule has 3 atom stereocenters. The van der Waals surface area contributed by atoms with Crippen molar-refractivity contribution in [2.24, 2.45) is 11.3 Å². The Morgan fingerprint density at radius 2 is 1.70 bits per heavy atom. The van der Waals surface area contributed by atoms with Gasteiger partial charge in [0.25, 0.3) is 0 Å². The van der Waals surface area contributed by atoms with Gasteiger partial charge in [0.1, 0.15) is 13.2 Å². The number of hydrogen-bond acceptors (Lipinski definition) is 9. The van der Waals surface area contributed by atoms with Crippen molar-refractivity contribution in [3.05, 3.63) is 0 Å². The fourth-order valence-corrected chi connectivity index (χ4v) is 3.13. The Bertz CT molecular complexity index is 430. The highest BCUT2D eigenvalue weighted by atomic mass is 32.2. The quantitative estimate of drug-likeness (QED) is 0.263. The molecular formula is C18H34O8S. The van der Waals surface area contributed by atoms with E-state index >= 15 is 0 Å². The van der Waals surface area contributed by atoms with Crippen molar-refractivity contribution < 1.29 is 39.1 Å². The summed E-state index contributed by atoms with van der Waals surface area (Å²) in [6, 6.07) is 0. The third-order valence-corrected chi connectivity index (χ3v) is 5.15. The van der Waals surface area contributed by atoms with Gasteiger partial charge < -0.3 is 29.5 Å². The molecule has 0 heterocycles. The minimum absolute atomic E-state index is 0.167. The summed E-state index contributed by atoms with van der Waals surface area (Å²) in [5.74, 6) is -0.728. The van der Waals surface area contributed by atoms with Gasteiger partial charge in [-0.25, -0.2) is 0 Å². The number of carbonyl (C=O) groups excluding carboxylic acids is 2. The van der Waals surface area contributed by atoms with Gasteiger partial charge in [0, 0.05) is 18.6 Å². The molecule has 0 aliphatic heterocycles. The summed E-state index contributed by atoms with van der Waals surface area (Å²) in [5, 5.41) is 27.8. The first kappa shape index (κ1) is 26.1. The number of carbonyl (C=O) groups is 2. The lowest BCUT2D eigenvalue weighted by Crippen LogP contribution is -2.34. The molecule has 3 unspecified atom stereocenters. The van der Waals surface area contributed by atoms with Crippen molar-refractivity contribution in [3.8, 4) is 0 Å². The topological polar surface area (TPSA) is 123 Å². The molecule has 0 radical (unpaired) electrons. The first-order valence-electron chi connectivity index (χ1n) is 9.05. The Labute approximate surface area is 165 Å². The van der Waals surface area contributed by atoms with Crippen molar-refractivity contribution in [1.29, 1.82) is 0 Å². The van der Waals surface area contributed by atoms with E-state index in [1.807, 2.05) is 6.92 Å². The van der Waals surface area contributed by atoms with Crippen LogP contribution in [0.3, 0.4) is 0 Å². The van der Waals surface area contributed by atoms with E-state index in [2.05, 4.69) is 0 Å². The summed E-state index contributed by atoms with van der Waals surface area (Å²) in [6.07, 6.45) is -0.892. The van der Waals surface area contributed by atoms with E-state index in [1.54, 1.807) is 13.8 Å². The van der Waals surface area contributed by atoms with Crippen LogP contribution in [0, 0.1) is 11.3 Å². The zero-order valence-electron chi connectivity index (χ0n) is 16.7. The molecule has 0 aliphatic carbocycles. The SMILES string of the molecule is CCC(CC(C)(C)C(=O)OCC(O)CSCC(O)CO)C(=O)OCCOC. The lowest BCUT2D eigenvalue weighted by atomic mass is 9.81. The van der Waals surface area contributed by atoms with Gasteiger partial charge in [0.2, 0.25) is 0 Å². The number of aliphatic hydroxyl groups is 3. The molecule has 8 nitrogen and oxygen atoms in total. The lowest BCUT2D eigenvalue weighted by Gasteiger charge is -2.27. The molecule has 0 spiro atoms. The molecular weight excluding hydrogens is 376 g/mol. The highest BCUT2D eigenvalue weighted by molar-refractivity contribution is 7.99. The predicted octanol–water partition coefficient (Wildman–Crippen LogP) is 0.609. The summed E-state index contributed by atoms with van der Waals surface area (Å²) < 4.78 is 15.2. The van der Waals surface area contributed by atoms with Crippen LogP contribution in [-0.4, -0.2) is 84.5 Å². The molecule has 9 heteroatoms. The average Bonchev–Trinajstić information content (AvgIpc) is 2.63. The first-order chi connectivity index (χ1) is 12.7. The maximum absolute atomic E-state index is 12.3. The number of ether oxygens (including phenoxy) is 3. The number of esters is 2. The largest absolute Gasteiger partial charge is 0.463 e. The van der Waals surface area contributed by atoms with Gasteiger partial charge >= 0.3 is 11.9 Å². The molecule has 0 aromatic heterocycles. The van der Waals surface area contributed by atoms with Gasteiger partial charge in [0.15, 0.2) is 0 Å². The Balaban J connectivity index is 4.37. The zero-order chi connectivity index (χ0) is 20.9. The Kier molecular flexibility index (Phi) is 13.7. The highest BCUT2D eigenvalue weighted by Gasteiger charge is 2.35. The van der Waals surface area contributed by atoms with E-state index < -0.39 is 29.5 Å². The number of hydrogen-bond donors (Lipinski definition) is 3. The maximum Gasteiger partial charge on any atom is 0.311 e. The smallest absolute Gasteiger partial charge is 0.311 e. The summed E-state index contributed by atoms with van der Waals surface area (Å²) in [5.41, 5.74) is -0.902. The van der Waals surface area contributed by atoms with Crippen LogP contribution in [-0.2, 0) is 23.8 Å². The molecule has 0 aromatic carbocycles. The van der Waals surface area contributed by atoms with Crippen molar-refractivity contribution in [2.45, 2.75) is 45.8 Å². The van der Waals surface area contributed by atoms with Crippen LogP contribution >= 0.6 is 11.8 Å². The van der Waals surface area contributed by atoms with E-state index in [1.165, 1.54) is 18.9 Å². The van der Waals surface area contributed by atoms with Gasteiger partial charge in [-0.05, 0) is 26.7 Å². The van der Waals surface area contributed by atoms with Crippen LogP contribution in [0.5, 0.6) is 0 Å². The van der Waals surface area contributed by atoms with Gasteiger partial charge in [-0.2, -0.15) is 11.8 Å². The zero-order valence-corrected chi connectivity index (χ0v) is 17.5. The summed E-state index contributed by atoms with van der Waals surface area (Å²) in [7, 11) is 1.52. The summed E-state index contributed by atoms with van der Waals surface area (Å²) in [4.78, 5) is 24.4. The second-order valence-electron chi connectivity index (χ2n) is 6.98. The van der Waals surface area contributed by atoms with Crippen LogP contribution in [0.4, 0.5) is 0 Å². The van der Waals surface area contributed by atoms with Gasteiger partial charge in [-0.3, -0.25) is 9.59 Å². The number of methoxy groups -OCH3 is 1. The molecule has 0 bridgehead atoms. The molecule has 0 rings (SSSR count). The lowest BCUT2D eigenvalue weighted by molar-refractivity contribution is -0.160. The van der Waals surface area contributed by atoms with Crippen molar-refractivity contribution in [2.75, 3.05) is 45.0 Å². The molecule has 0 aromatic rings. The van der Waals surface area contributed by atoms with Crippen molar-refractivity contribution >= 4 is 23.7 Å². The van der Waals surface area contributed by atoms with Crippen LogP contribution in [0.1, 0.15) is 33.6 Å². The minimum atomic E-state index is -0.902. The predicted molar refractivity (Wildman–Crippen MR) is 102 cm³/mol. The second-order valence-corrected chi connectivity index (χ2v) is 8.05.